The summed E-state index contributed by atoms with van der Waals surface area (Å²) in [7, 11) is 0. The highest BCUT2D eigenvalue weighted by molar-refractivity contribution is 6.07. The smallest absolute Gasteiger partial charge is 0.256 e. The Kier molecular flexibility index (Phi) is 5.20. The largest absolute Gasteiger partial charge is 0.380 e. The van der Waals surface area contributed by atoms with Crippen molar-refractivity contribution >= 4 is 34.6 Å². The standard InChI is InChI=1S/C22H25N5O2/c1-15(2)25-19-4-3-7-23-21(19)26-8-10-27(11-9-26)22(29)18-13-24-20-12-16(14-28)5-6-17(18)20/h3-7,12-15,24-25H,8-11H2,1-2H3. The lowest BCUT2D eigenvalue weighted by Crippen LogP contribution is -2.49. The third-order valence-corrected chi connectivity index (χ3v) is 5.17. The molecule has 1 aliphatic heterocycles. The van der Waals surface area contributed by atoms with E-state index >= 15 is 0 Å². The third kappa shape index (κ3) is 3.81. The molecule has 7 heteroatoms. The summed E-state index contributed by atoms with van der Waals surface area (Å²) in [6.45, 7) is 6.94. The van der Waals surface area contributed by atoms with Crippen molar-refractivity contribution in [1.29, 1.82) is 0 Å². The molecule has 1 aliphatic rings. The van der Waals surface area contributed by atoms with E-state index < -0.39 is 0 Å². The van der Waals surface area contributed by atoms with Crippen LogP contribution in [0.15, 0.2) is 42.7 Å². The van der Waals surface area contributed by atoms with Gasteiger partial charge < -0.3 is 20.1 Å². The van der Waals surface area contributed by atoms with E-state index in [1.807, 2.05) is 23.1 Å². The van der Waals surface area contributed by atoms with Crippen LogP contribution >= 0.6 is 0 Å². The summed E-state index contributed by atoms with van der Waals surface area (Å²) in [4.78, 5) is 35.8. The topological polar surface area (TPSA) is 81.3 Å². The molecule has 0 radical (unpaired) electrons. The highest BCUT2D eigenvalue weighted by Gasteiger charge is 2.25. The maximum atomic E-state index is 13.1. The lowest BCUT2D eigenvalue weighted by atomic mass is 10.1. The molecule has 1 aromatic carbocycles. The van der Waals surface area contributed by atoms with Crippen molar-refractivity contribution in [3.8, 4) is 0 Å². The number of hydrogen-bond donors (Lipinski definition) is 2. The van der Waals surface area contributed by atoms with E-state index in [-0.39, 0.29) is 5.91 Å². The van der Waals surface area contributed by atoms with Gasteiger partial charge in [0.15, 0.2) is 5.82 Å². The molecule has 0 saturated carbocycles. The number of aromatic nitrogens is 2. The van der Waals surface area contributed by atoms with Gasteiger partial charge in [-0.2, -0.15) is 0 Å². The van der Waals surface area contributed by atoms with Gasteiger partial charge in [-0.15, -0.1) is 0 Å². The molecule has 0 atom stereocenters. The number of piperazine rings is 1. The molecule has 4 rings (SSSR count). The normalized spacial score (nSPS) is 14.4. The molecule has 1 fully saturated rings. The van der Waals surface area contributed by atoms with Gasteiger partial charge in [0, 0.05) is 61.1 Å². The Bertz CT molecular complexity index is 1030. The minimum Gasteiger partial charge on any atom is -0.380 e. The number of hydrogen-bond acceptors (Lipinski definition) is 5. The number of benzene rings is 1. The molecule has 29 heavy (non-hydrogen) atoms. The summed E-state index contributed by atoms with van der Waals surface area (Å²) in [6, 6.07) is 9.63. The van der Waals surface area contributed by atoms with E-state index in [0.29, 0.717) is 30.3 Å². The quantitative estimate of drug-likeness (QED) is 0.653. The summed E-state index contributed by atoms with van der Waals surface area (Å²) in [5, 5.41) is 4.29. The number of fused-ring (bicyclic) bond motifs is 1. The maximum Gasteiger partial charge on any atom is 0.256 e. The Labute approximate surface area is 169 Å². The molecule has 7 nitrogen and oxygen atoms in total. The number of nitrogens with one attached hydrogen (secondary N) is 2. The van der Waals surface area contributed by atoms with Crippen LogP contribution in [0.4, 0.5) is 11.5 Å². The molecule has 0 aliphatic carbocycles. The average Bonchev–Trinajstić information content (AvgIpc) is 3.16. The van der Waals surface area contributed by atoms with E-state index in [1.165, 1.54) is 0 Å². The van der Waals surface area contributed by atoms with Crippen LogP contribution in [0.5, 0.6) is 0 Å². The molecule has 3 heterocycles. The van der Waals surface area contributed by atoms with Gasteiger partial charge in [-0.1, -0.05) is 12.1 Å². The molecule has 3 aromatic rings. The molecular formula is C22H25N5O2. The number of anilines is 2. The first-order chi connectivity index (χ1) is 14.1. The number of aromatic amines is 1. The molecule has 150 valence electrons. The molecule has 2 aromatic heterocycles. The van der Waals surface area contributed by atoms with E-state index in [2.05, 4.69) is 34.0 Å². The number of amides is 1. The van der Waals surface area contributed by atoms with Gasteiger partial charge in [0.2, 0.25) is 0 Å². The minimum atomic E-state index is 0.0105. The highest BCUT2D eigenvalue weighted by Crippen LogP contribution is 2.26. The third-order valence-electron chi connectivity index (χ3n) is 5.17. The van der Waals surface area contributed by atoms with Crippen molar-refractivity contribution in [1.82, 2.24) is 14.9 Å². The Morgan fingerprint density at radius 1 is 1.21 bits per heavy atom. The molecule has 2 N–H and O–H groups in total. The van der Waals surface area contributed by atoms with Gasteiger partial charge in [-0.3, -0.25) is 9.59 Å². The van der Waals surface area contributed by atoms with Gasteiger partial charge in [-0.25, -0.2) is 4.98 Å². The minimum absolute atomic E-state index is 0.0105. The maximum absolute atomic E-state index is 13.1. The van der Waals surface area contributed by atoms with Crippen LogP contribution in [0.1, 0.15) is 34.6 Å². The van der Waals surface area contributed by atoms with Crippen molar-refractivity contribution in [2.75, 3.05) is 36.4 Å². The fraction of sp³-hybridized carbons (Fsp3) is 0.318. The first-order valence-corrected chi connectivity index (χ1v) is 9.89. The monoisotopic (exact) mass is 391 g/mol. The summed E-state index contributed by atoms with van der Waals surface area (Å²) in [5.41, 5.74) is 3.05. The molecular weight excluding hydrogens is 366 g/mol. The Balaban J connectivity index is 1.48. The van der Waals surface area contributed by atoms with E-state index in [1.54, 1.807) is 24.5 Å². The Morgan fingerprint density at radius 3 is 2.72 bits per heavy atom. The zero-order valence-electron chi connectivity index (χ0n) is 16.7. The molecule has 1 amide bonds. The van der Waals surface area contributed by atoms with Gasteiger partial charge >= 0.3 is 0 Å². The van der Waals surface area contributed by atoms with Gasteiger partial charge in [-0.05, 0) is 32.0 Å². The van der Waals surface area contributed by atoms with Crippen molar-refractivity contribution in [3.05, 3.63) is 53.9 Å². The zero-order chi connectivity index (χ0) is 20.4. The number of rotatable bonds is 5. The van der Waals surface area contributed by atoms with Crippen molar-refractivity contribution in [3.63, 3.8) is 0 Å². The molecule has 0 spiro atoms. The predicted molar refractivity (Wildman–Crippen MR) is 115 cm³/mol. The summed E-state index contributed by atoms with van der Waals surface area (Å²) >= 11 is 0. The number of H-pyrrole nitrogens is 1. The fourth-order valence-corrected chi connectivity index (χ4v) is 3.76. The van der Waals surface area contributed by atoms with Crippen LogP contribution in [0.25, 0.3) is 10.9 Å². The molecule has 1 saturated heterocycles. The second-order valence-electron chi connectivity index (χ2n) is 7.58. The summed E-state index contributed by atoms with van der Waals surface area (Å²) in [6.07, 6.45) is 4.34. The van der Waals surface area contributed by atoms with E-state index in [0.717, 1.165) is 41.8 Å². The van der Waals surface area contributed by atoms with Crippen LogP contribution in [0, 0.1) is 0 Å². The number of aldehydes is 1. The van der Waals surface area contributed by atoms with Crippen LogP contribution in [0.2, 0.25) is 0 Å². The number of nitrogens with zero attached hydrogens (tertiary/aromatic N) is 3. The van der Waals surface area contributed by atoms with E-state index in [9.17, 15) is 9.59 Å². The number of carbonyl (C=O) groups is 2. The Hall–Kier alpha value is -3.35. The number of pyridine rings is 1. The van der Waals surface area contributed by atoms with Crippen molar-refractivity contribution in [2.45, 2.75) is 19.9 Å². The second kappa shape index (κ2) is 7.95. The lowest BCUT2D eigenvalue weighted by molar-refractivity contribution is 0.0748. The molecule has 0 bridgehead atoms. The van der Waals surface area contributed by atoms with Crippen LogP contribution in [-0.4, -0.2) is 59.3 Å². The van der Waals surface area contributed by atoms with Gasteiger partial charge in [0.25, 0.3) is 5.91 Å². The number of carbonyl (C=O) groups excluding carboxylic acids is 2. The first kappa shape index (κ1) is 19.0. The summed E-state index contributed by atoms with van der Waals surface area (Å²) < 4.78 is 0. The SMILES string of the molecule is CC(C)Nc1cccnc1N1CCN(C(=O)c2c[nH]c3cc(C=O)ccc23)CC1. The van der Waals surface area contributed by atoms with Crippen LogP contribution < -0.4 is 10.2 Å². The lowest BCUT2D eigenvalue weighted by Gasteiger charge is -2.36. The zero-order valence-corrected chi connectivity index (χ0v) is 16.7. The summed E-state index contributed by atoms with van der Waals surface area (Å²) in [5.74, 6) is 0.943. The molecule has 0 unspecified atom stereocenters. The van der Waals surface area contributed by atoms with Crippen LogP contribution in [0.3, 0.4) is 0 Å². The van der Waals surface area contributed by atoms with Crippen molar-refractivity contribution in [2.24, 2.45) is 0 Å². The van der Waals surface area contributed by atoms with Crippen molar-refractivity contribution < 1.29 is 9.59 Å². The van der Waals surface area contributed by atoms with E-state index in [4.69, 9.17) is 0 Å². The highest BCUT2D eigenvalue weighted by atomic mass is 16.2. The first-order valence-electron chi connectivity index (χ1n) is 9.89. The average molecular weight is 391 g/mol. The predicted octanol–water partition coefficient (Wildman–Crippen LogP) is 3.16. The second-order valence-corrected chi connectivity index (χ2v) is 7.58. The van der Waals surface area contributed by atoms with Gasteiger partial charge in [0.05, 0.1) is 11.3 Å². The van der Waals surface area contributed by atoms with Gasteiger partial charge in [0.1, 0.15) is 6.29 Å². The Morgan fingerprint density at radius 2 is 2.00 bits per heavy atom. The van der Waals surface area contributed by atoms with Crippen LogP contribution in [-0.2, 0) is 0 Å². The fourth-order valence-electron chi connectivity index (χ4n) is 3.76.